The zero-order chi connectivity index (χ0) is 12.7. The first kappa shape index (κ1) is 10.7. The second-order valence-corrected chi connectivity index (χ2v) is 3.95. The molecule has 0 spiro atoms. The van der Waals surface area contributed by atoms with Gasteiger partial charge in [-0.1, -0.05) is 30.3 Å². The Morgan fingerprint density at radius 2 is 1.78 bits per heavy atom. The van der Waals surface area contributed by atoms with Gasteiger partial charge >= 0.3 is 0 Å². The topological polar surface area (TPSA) is 54.7 Å². The van der Waals surface area contributed by atoms with Crippen molar-refractivity contribution in [1.82, 2.24) is 10.2 Å². The van der Waals surface area contributed by atoms with E-state index in [9.17, 15) is 8.78 Å². The van der Waals surface area contributed by atoms with Crippen molar-refractivity contribution >= 4 is 16.7 Å². The minimum Gasteiger partial charge on any atom is -0.382 e. The van der Waals surface area contributed by atoms with Crippen molar-refractivity contribution in [2.45, 2.75) is 0 Å². The molecular weight excluding hydrogens is 236 g/mol. The molecule has 0 saturated heterocycles. The van der Waals surface area contributed by atoms with Crippen LogP contribution in [0.3, 0.4) is 0 Å². The molecule has 18 heavy (non-hydrogen) atoms. The van der Waals surface area contributed by atoms with Crippen LogP contribution in [0.4, 0.5) is 14.6 Å². The Morgan fingerprint density at radius 3 is 2.50 bits per heavy atom. The van der Waals surface area contributed by atoms with Crippen LogP contribution in [-0.4, -0.2) is 10.2 Å². The molecule has 1 aromatic heterocycles. The van der Waals surface area contributed by atoms with E-state index in [0.717, 1.165) is 0 Å². The smallest absolute Gasteiger partial charge is 0.185 e. The van der Waals surface area contributed by atoms with Gasteiger partial charge in [0.2, 0.25) is 0 Å². The zero-order valence-electron chi connectivity index (χ0n) is 9.24. The lowest BCUT2D eigenvalue weighted by Crippen LogP contribution is -1.92. The van der Waals surface area contributed by atoms with Gasteiger partial charge in [0.15, 0.2) is 17.5 Å². The van der Waals surface area contributed by atoms with Gasteiger partial charge in [-0.3, -0.25) is 5.10 Å². The molecule has 90 valence electrons. The predicted molar refractivity (Wildman–Crippen MR) is 65.9 cm³/mol. The molecule has 0 fully saturated rings. The second kappa shape index (κ2) is 3.80. The summed E-state index contributed by atoms with van der Waals surface area (Å²) >= 11 is 0. The number of fused-ring (bicyclic) bond motifs is 1. The molecule has 0 amide bonds. The number of rotatable bonds is 1. The van der Waals surface area contributed by atoms with Gasteiger partial charge in [-0.2, -0.15) is 5.10 Å². The van der Waals surface area contributed by atoms with E-state index in [1.54, 1.807) is 24.3 Å². The summed E-state index contributed by atoms with van der Waals surface area (Å²) in [6.07, 6.45) is 0. The van der Waals surface area contributed by atoms with Gasteiger partial charge in [0.05, 0.1) is 0 Å². The summed E-state index contributed by atoms with van der Waals surface area (Å²) in [5.74, 6) is -1.71. The molecule has 2 aromatic carbocycles. The van der Waals surface area contributed by atoms with E-state index < -0.39 is 11.6 Å². The Labute approximate surface area is 101 Å². The van der Waals surface area contributed by atoms with Gasteiger partial charge in [0.1, 0.15) is 5.52 Å². The highest BCUT2D eigenvalue weighted by atomic mass is 19.2. The lowest BCUT2D eigenvalue weighted by molar-refractivity contribution is 0.518. The number of aromatic amines is 1. The normalized spacial score (nSPS) is 11.0. The van der Waals surface area contributed by atoms with Crippen LogP contribution < -0.4 is 5.73 Å². The summed E-state index contributed by atoms with van der Waals surface area (Å²) in [6.45, 7) is 0. The zero-order valence-corrected chi connectivity index (χ0v) is 9.24. The third-order valence-electron chi connectivity index (χ3n) is 2.86. The molecule has 0 saturated carbocycles. The summed E-state index contributed by atoms with van der Waals surface area (Å²) in [6, 6.07) is 10.2. The number of hydrogen-bond donors (Lipinski definition) is 2. The number of aromatic nitrogens is 2. The fourth-order valence-corrected chi connectivity index (χ4v) is 1.94. The van der Waals surface area contributed by atoms with Crippen LogP contribution in [0.15, 0.2) is 36.4 Å². The number of nitrogen functional groups attached to an aromatic ring is 1. The highest BCUT2D eigenvalue weighted by molar-refractivity contribution is 5.92. The largest absolute Gasteiger partial charge is 0.382 e. The van der Waals surface area contributed by atoms with E-state index in [2.05, 4.69) is 10.2 Å². The van der Waals surface area contributed by atoms with Crippen LogP contribution >= 0.6 is 0 Å². The van der Waals surface area contributed by atoms with Crippen molar-refractivity contribution in [2.75, 3.05) is 5.73 Å². The van der Waals surface area contributed by atoms with Crippen LogP contribution in [0, 0.1) is 11.6 Å². The molecule has 3 nitrogen and oxygen atoms in total. The Balaban J connectivity index is 2.36. The minimum atomic E-state index is -0.962. The Bertz CT molecular complexity index is 720. The molecule has 1 heterocycles. The SMILES string of the molecule is Nc1n[nH]c2c(F)c(F)c(-c3ccccc3)cc12. The molecule has 0 aliphatic heterocycles. The average Bonchev–Trinajstić information content (AvgIpc) is 2.77. The van der Waals surface area contributed by atoms with Crippen LogP contribution in [-0.2, 0) is 0 Å². The minimum absolute atomic E-state index is 0.00955. The van der Waals surface area contributed by atoms with Crippen LogP contribution in [0.25, 0.3) is 22.0 Å². The summed E-state index contributed by atoms with van der Waals surface area (Å²) < 4.78 is 27.8. The van der Waals surface area contributed by atoms with Gasteiger partial charge in [-0.05, 0) is 11.6 Å². The Kier molecular flexibility index (Phi) is 2.26. The molecule has 3 N–H and O–H groups in total. The highest BCUT2D eigenvalue weighted by Crippen LogP contribution is 2.31. The summed E-state index contributed by atoms with van der Waals surface area (Å²) in [5.41, 5.74) is 6.37. The van der Waals surface area contributed by atoms with Crippen LogP contribution in [0.1, 0.15) is 0 Å². The van der Waals surface area contributed by atoms with Gasteiger partial charge in [0, 0.05) is 10.9 Å². The first-order valence-corrected chi connectivity index (χ1v) is 5.35. The molecular formula is C13H9F2N3. The van der Waals surface area contributed by atoms with Gasteiger partial charge < -0.3 is 5.73 Å². The molecule has 0 aliphatic rings. The van der Waals surface area contributed by atoms with Crippen molar-refractivity contribution in [2.24, 2.45) is 0 Å². The number of nitrogens with two attached hydrogens (primary N) is 1. The maximum Gasteiger partial charge on any atom is 0.185 e. The highest BCUT2D eigenvalue weighted by Gasteiger charge is 2.17. The molecule has 0 bridgehead atoms. The van der Waals surface area contributed by atoms with E-state index in [0.29, 0.717) is 10.9 Å². The van der Waals surface area contributed by atoms with Crippen molar-refractivity contribution in [1.29, 1.82) is 0 Å². The molecule has 5 heteroatoms. The number of nitrogens with one attached hydrogen (secondary N) is 1. The lowest BCUT2D eigenvalue weighted by Gasteiger charge is -2.05. The molecule has 0 radical (unpaired) electrons. The monoisotopic (exact) mass is 245 g/mol. The Morgan fingerprint density at radius 1 is 1.06 bits per heavy atom. The second-order valence-electron chi connectivity index (χ2n) is 3.95. The summed E-state index contributed by atoms with van der Waals surface area (Å²) in [5, 5.41) is 6.45. The van der Waals surface area contributed by atoms with Crippen LogP contribution in [0.5, 0.6) is 0 Å². The third-order valence-corrected chi connectivity index (χ3v) is 2.86. The number of halogens is 2. The maximum absolute atomic E-state index is 14.0. The fraction of sp³-hybridized carbons (Fsp3) is 0. The van der Waals surface area contributed by atoms with Gasteiger partial charge in [0.25, 0.3) is 0 Å². The van der Waals surface area contributed by atoms with Crippen LogP contribution in [0.2, 0.25) is 0 Å². The molecule has 0 atom stereocenters. The molecule has 3 rings (SSSR count). The summed E-state index contributed by atoms with van der Waals surface area (Å²) in [7, 11) is 0. The lowest BCUT2D eigenvalue weighted by atomic mass is 10.0. The number of hydrogen-bond acceptors (Lipinski definition) is 2. The first-order valence-electron chi connectivity index (χ1n) is 5.35. The van der Waals surface area contributed by atoms with Gasteiger partial charge in [-0.15, -0.1) is 0 Å². The van der Waals surface area contributed by atoms with Crippen molar-refractivity contribution in [3.63, 3.8) is 0 Å². The summed E-state index contributed by atoms with van der Waals surface area (Å²) in [4.78, 5) is 0. The van der Waals surface area contributed by atoms with E-state index >= 15 is 0 Å². The fourth-order valence-electron chi connectivity index (χ4n) is 1.94. The standard InChI is InChI=1S/C13H9F2N3/c14-10-8(7-4-2-1-3-5-7)6-9-12(11(10)15)17-18-13(9)16/h1-6H,(H3,16,17,18). The van der Waals surface area contributed by atoms with E-state index in [-0.39, 0.29) is 16.9 Å². The Hall–Kier alpha value is -2.43. The van der Waals surface area contributed by atoms with E-state index in [1.165, 1.54) is 6.07 Å². The average molecular weight is 245 g/mol. The van der Waals surface area contributed by atoms with Crippen molar-refractivity contribution in [3.05, 3.63) is 48.0 Å². The van der Waals surface area contributed by atoms with Gasteiger partial charge in [-0.25, -0.2) is 8.78 Å². The number of nitrogens with zero attached hydrogens (tertiary/aromatic N) is 1. The van der Waals surface area contributed by atoms with E-state index in [1.807, 2.05) is 6.07 Å². The quantitative estimate of drug-likeness (QED) is 0.692. The number of H-pyrrole nitrogens is 1. The van der Waals surface area contributed by atoms with E-state index in [4.69, 9.17) is 5.73 Å². The first-order chi connectivity index (χ1) is 8.68. The predicted octanol–water partition coefficient (Wildman–Crippen LogP) is 3.09. The van der Waals surface area contributed by atoms with Crippen molar-refractivity contribution in [3.8, 4) is 11.1 Å². The van der Waals surface area contributed by atoms with Crippen molar-refractivity contribution < 1.29 is 8.78 Å². The number of benzene rings is 2. The maximum atomic E-state index is 14.0. The third kappa shape index (κ3) is 1.44. The molecule has 0 aliphatic carbocycles. The number of anilines is 1. The molecule has 3 aromatic rings. The molecule has 0 unspecified atom stereocenters.